The lowest BCUT2D eigenvalue weighted by Gasteiger charge is -2.31. The lowest BCUT2D eigenvalue weighted by molar-refractivity contribution is 0.673. The van der Waals surface area contributed by atoms with Gasteiger partial charge in [-0.2, -0.15) is 0 Å². The van der Waals surface area contributed by atoms with Crippen LogP contribution in [0.1, 0.15) is 22.3 Å². The molecule has 52 heavy (non-hydrogen) atoms. The van der Waals surface area contributed by atoms with Gasteiger partial charge >= 0.3 is 0 Å². The molecule has 0 bridgehead atoms. The van der Waals surface area contributed by atoms with Crippen molar-refractivity contribution in [2.24, 2.45) is 0 Å². The Hall–Kier alpha value is -6.70. The molecule has 240 valence electrons. The van der Waals surface area contributed by atoms with Gasteiger partial charge < -0.3 is 4.42 Å². The molecular weight excluding hydrogens is 629 g/mol. The molecule has 0 saturated carbocycles. The van der Waals surface area contributed by atoms with E-state index < -0.39 is 5.41 Å². The third-order valence-electron chi connectivity index (χ3n) is 11.8. The van der Waals surface area contributed by atoms with Gasteiger partial charge in [-0.15, -0.1) is 0 Å². The number of fused-ring (bicyclic) bond motifs is 16. The molecule has 10 aromatic rings. The monoisotopic (exact) mass is 658 g/mol. The normalized spacial score (nSPS) is 13.5. The largest absolute Gasteiger partial charge is 0.455 e. The zero-order chi connectivity index (χ0) is 34.0. The minimum absolute atomic E-state index is 0.482. The number of hydrogen-bond donors (Lipinski definition) is 0. The van der Waals surface area contributed by atoms with Crippen molar-refractivity contribution in [1.82, 2.24) is 0 Å². The molecule has 0 atom stereocenters. The third-order valence-corrected chi connectivity index (χ3v) is 11.8. The summed E-state index contributed by atoms with van der Waals surface area (Å²) in [5, 5.41) is 7.15. The maximum Gasteiger partial charge on any atom is 0.143 e. The highest BCUT2D eigenvalue weighted by atomic mass is 16.3. The van der Waals surface area contributed by atoms with Gasteiger partial charge in [0.25, 0.3) is 0 Å². The van der Waals surface area contributed by atoms with Gasteiger partial charge in [-0.1, -0.05) is 146 Å². The standard InChI is InChI=1S/C51H30O/c1-2-13-31(14-3-1)41-28-35(36-21-12-24-47-49(36)40-26-25-32-15-6-7-18-37(32)50(40)52-47)30-46-48(41)42-27-33-16-4-5-17-34(33)29-45(42)51(46)43-22-10-8-19-38(43)39-20-9-11-23-44(39)51/h1-30H. The molecule has 2 aliphatic carbocycles. The Balaban J connectivity index is 1.26. The topological polar surface area (TPSA) is 13.1 Å². The van der Waals surface area contributed by atoms with E-state index in [1.807, 2.05) is 0 Å². The average molecular weight is 659 g/mol. The Bertz CT molecular complexity index is 3080. The second kappa shape index (κ2) is 10.2. The van der Waals surface area contributed by atoms with Crippen molar-refractivity contribution in [3.8, 4) is 44.5 Å². The molecule has 1 heterocycles. The highest BCUT2D eigenvalue weighted by molar-refractivity contribution is 6.19. The fourth-order valence-corrected chi connectivity index (χ4v) is 9.74. The van der Waals surface area contributed by atoms with Gasteiger partial charge in [0.2, 0.25) is 0 Å². The van der Waals surface area contributed by atoms with Gasteiger partial charge in [-0.3, -0.25) is 0 Å². The minimum Gasteiger partial charge on any atom is -0.455 e. The molecule has 0 radical (unpaired) electrons. The van der Waals surface area contributed by atoms with E-state index in [0.717, 1.165) is 27.3 Å². The van der Waals surface area contributed by atoms with Crippen LogP contribution in [0.2, 0.25) is 0 Å². The Morgan fingerprint density at radius 1 is 0.346 bits per heavy atom. The van der Waals surface area contributed by atoms with Crippen molar-refractivity contribution < 1.29 is 4.42 Å². The van der Waals surface area contributed by atoms with Crippen LogP contribution in [0, 0.1) is 0 Å². The maximum absolute atomic E-state index is 6.72. The number of rotatable bonds is 2. The van der Waals surface area contributed by atoms with Gasteiger partial charge in [0.05, 0.1) is 5.41 Å². The van der Waals surface area contributed by atoms with Gasteiger partial charge in [0, 0.05) is 16.2 Å². The predicted molar refractivity (Wildman–Crippen MR) is 216 cm³/mol. The summed E-state index contributed by atoms with van der Waals surface area (Å²) in [7, 11) is 0. The van der Waals surface area contributed by atoms with Gasteiger partial charge in [0.1, 0.15) is 11.2 Å². The second-order valence-corrected chi connectivity index (χ2v) is 14.3. The van der Waals surface area contributed by atoms with E-state index in [4.69, 9.17) is 4.42 Å². The minimum atomic E-state index is -0.482. The van der Waals surface area contributed by atoms with Gasteiger partial charge in [-0.05, 0) is 119 Å². The first-order valence-corrected chi connectivity index (χ1v) is 18.1. The van der Waals surface area contributed by atoms with Crippen LogP contribution >= 0.6 is 0 Å². The summed E-state index contributed by atoms with van der Waals surface area (Å²) in [5.41, 5.74) is 16.8. The molecule has 0 fully saturated rings. The van der Waals surface area contributed by atoms with E-state index in [0.29, 0.717) is 0 Å². The Kier molecular flexibility index (Phi) is 5.49. The summed E-state index contributed by atoms with van der Waals surface area (Å²) in [6.07, 6.45) is 0. The molecule has 0 saturated heterocycles. The molecule has 9 aromatic carbocycles. The first kappa shape index (κ1) is 28.0. The van der Waals surface area contributed by atoms with Crippen LogP contribution in [0.5, 0.6) is 0 Å². The van der Waals surface area contributed by atoms with E-state index in [2.05, 4.69) is 182 Å². The number of furan rings is 1. The fourth-order valence-electron chi connectivity index (χ4n) is 9.74. The first-order chi connectivity index (χ1) is 25.8. The van der Waals surface area contributed by atoms with E-state index in [1.165, 1.54) is 82.9 Å². The zero-order valence-electron chi connectivity index (χ0n) is 28.2. The Morgan fingerprint density at radius 2 is 1.00 bits per heavy atom. The first-order valence-electron chi connectivity index (χ1n) is 18.1. The zero-order valence-corrected chi connectivity index (χ0v) is 28.2. The molecule has 1 nitrogen and oxygen atoms in total. The van der Waals surface area contributed by atoms with Crippen LogP contribution in [0.25, 0.3) is 88.0 Å². The highest BCUT2D eigenvalue weighted by Crippen LogP contribution is 2.65. The highest BCUT2D eigenvalue weighted by Gasteiger charge is 2.52. The average Bonchev–Trinajstić information content (AvgIpc) is 3.84. The van der Waals surface area contributed by atoms with Crippen molar-refractivity contribution in [3.05, 3.63) is 204 Å². The van der Waals surface area contributed by atoms with Crippen molar-refractivity contribution in [3.63, 3.8) is 0 Å². The lowest BCUT2D eigenvalue weighted by atomic mass is 9.69. The van der Waals surface area contributed by atoms with Crippen molar-refractivity contribution in [2.75, 3.05) is 0 Å². The van der Waals surface area contributed by atoms with Crippen molar-refractivity contribution >= 4 is 43.5 Å². The Labute approximate surface area is 301 Å². The fraction of sp³-hybridized carbons (Fsp3) is 0.0196. The molecule has 2 aliphatic rings. The maximum atomic E-state index is 6.72. The molecule has 1 heteroatoms. The van der Waals surface area contributed by atoms with Crippen LogP contribution in [-0.4, -0.2) is 0 Å². The molecule has 0 unspecified atom stereocenters. The Morgan fingerprint density at radius 3 is 1.79 bits per heavy atom. The lowest BCUT2D eigenvalue weighted by Crippen LogP contribution is -2.26. The summed E-state index contributed by atoms with van der Waals surface area (Å²) >= 11 is 0. The summed E-state index contributed by atoms with van der Waals surface area (Å²) in [5.74, 6) is 0. The molecular formula is C51H30O. The third kappa shape index (κ3) is 3.52. The van der Waals surface area contributed by atoms with E-state index in [-0.39, 0.29) is 0 Å². The molecule has 0 aliphatic heterocycles. The molecule has 0 amide bonds. The predicted octanol–water partition coefficient (Wildman–Crippen LogP) is 13.6. The smallest absolute Gasteiger partial charge is 0.143 e. The van der Waals surface area contributed by atoms with Crippen LogP contribution < -0.4 is 0 Å². The van der Waals surface area contributed by atoms with Gasteiger partial charge in [0.15, 0.2) is 0 Å². The summed E-state index contributed by atoms with van der Waals surface area (Å²) in [6.45, 7) is 0. The summed E-state index contributed by atoms with van der Waals surface area (Å²) < 4.78 is 6.72. The van der Waals surface area contributed by atoms with Crippen LogP contribution in [0.4, 0.5) is 0 Å². The van der Waals surface area contributed by atoms with Crippen LogP contribution in [0.3, 0.4) is 0 Å². The van der Waals surface area contributed by atoms with Crippen LogP contribution in [-0.2, 0) is 5.41 Å². The molecule has 0 N–H and O–H groups in total. The van der Waals surface area contributed by atoms with E-state index in [9.17, 15) is 0 Å². The second-order valence-electron chi connectivity index (χ2n) is 14.3. The molecule has 1 aromatic heterocycles. The van der Waals surface area contributed by atoms with E-state index >= 15 is 0 Å². The van der Waals surface area contributed by atoms with Crippen molar-refractivity contribution in [2.45, 2.75) is 5.41 Å². The van der Waals surface area contributed by atoms with E-state index in [1.54, 1.807) is 0 Å². The van der Waals surface area contributed by atoms with Crippen molar-refractivity contribution in [1.29, 1.82) is 0 Å². The summed E-state index contributed by atoms with van der Waals surface area (Å²) in [6, 6.07) is 67.4. The molecule has 12 rings (SSSR count). The number of benzene rings is 9. The van der Waals surface area contributed by atoms with Gasteiger partial charge in [-0.25, -0.2) is 0 Å². The number of hydrogen-bond acceptors (Lipinski definition) is 1. The molecule has 1 spiro atoms. The van der Waals surface area contributed by atoms with Crippen LogP contribution in [0.15, 0.2) is 186 Å². The SMILES string of the molecule is c1ccc(-c2cc(-c3cccc4oc5c6ccccc6ccc5c34)cc3c2-c2cc4ccccc4cc2C32c3ccccc3-c3ccccc32)cc1. The quantitative estimate of drug-likeness (QED) is 0.180. The summed E-state index contributed by atoms with van der Waals surface area (Å²) in [4.78, 5) is 0.